The van der Waals surface area contributed by atoms with Crippen LogP contribution in [0.4, 0.5) is 20.6 Å². The highest BCUT2D eigenvalue weighted by Gasteiger charge is 2.29. The third-order valence-electron chi connectivity index (χ3n) is 4.98. The zero-order valence-corrected chi connectivity index (χ0v) is 15.8. The molecule has 7 nitrogen and oxygen atoms in total. The number of carbonyl (C=O) groups excluding carboxylic acids is 2. The molecule has 2 aromatic rings. The van der Waals surface area contributed by atoms with Gasteiger partial charge in [-0.3, -0.25) is 4.79 Å². The van der Waals surface area contributed by atoms with Gasteiger partial charge in [-0.2, -0.15) is 0 Å². The second-order valence-corrected chi connectivity index (χ2v) is 7.07. The maximum absolute atomic E-state index is 13.0. The highest BCUT2D eigenvalue weighted by Crippen LogP contribution is 2.33. The molecule has 0 aliphatic carbocycles. The lowest BCUT2D eigenvalue weighted by Crippen LogP contribution is -2.45. The lowest BCUT2D eigenvalue weighted by molar-refractivity contribution is -0.121. The van der Waals surface area contributed by atoms with Crippen molar-refractivity contribution >= 4 is 23.3 Å². The van der Waals surface area contributed by atoms with Gasteiger partial charge in [-0.05, 0) is 49.2 Å². The number of halogens is 1. The minimum Gasteiger partial charge on any atom is -0.486 e. The molecule has 0 bridgehead atoms. The van der Waals surface area contributed by atoms with E-state index in [1.54, 1.807) is 23.1 Å². The molecule has 8 heteroatoms. The van der Waals surface area contributed by atoms with Crippen LogP contribution in [-0.2, 0) is 4.79 Å². The van der Waals surface area contributed by atoms with Crippen LogP contribution in [0, 0.1) is 11.7 Å². The Morgan fingerprint density at radius 3 is 2.48 bits per heavy atom. The molecule has 2 N–H and O–H groups in total. The predicted molar refractivity (Wildman–Crippen MR) is 106 cm³/mol. The van der Waals surface area contributed by atoms with Crippen molar-refractivity contribution in [2.24, 2.45) is 5.92 Å². The molecule has 0 spiro atoms. The Hall–Kier alpha value is -3.29. The van der Waals surface area contributed by atoms with Crippen molar-refractivity contribution in [1.29, 1.82) is 0 Å². The lowest BCUT2D eigenvalue weighted by atomic mass is 9.97. The molecule has 0 saturated carbocycles. The highest BCUT2D eigenvalue weighted by atomic mass is 19.1. The zero-order chi connectivity index (χ0) is 20.2. The van der Waals surface area contributed by atoms with E-state index in [9.17, 15) is 14.0 Å². The third kappa shape index (κ3) is 4.59. The molecule has 0 radical (unpaired) electrons. The summed E-state index contributed by atoms with van der Waals surface area (Å²) in [5.74, 6) is 0.460. The second kappa shape index (κ2) is 8.38. The molecule has 152 valence electrons. The minimum atomic E-state index is -0.364. The van der Waals surface area contributed by atoms with Crippen molar-refractivity contribution < 1.29 is 23.5 Å². The zero-order valence-electron chi connectivity index (χ0n) is 15.8. The van der Waals surface area contributed by atoms with Crippen LogP contribution in [0.15, 0.2) is 42.5 Å². The topological polar surface area (TPSA) is 79.9 Å². The fourth-order valence-corrected chi connectivity index (χ4v) is 3.48. The number of likely N-dealkylation sites (tertiary alicyclic amines) is 1. The van der Waals surface area contributed by atoms with Crippen LogP contribution in [0.3, 0.4) is 0 Å². The molecule has 2 aromatic carbocycles. The number of rotatable bonds is 3. The minimum absolute atomic E-state index is 0.138. The quantitative estimate of drug-likeness (QED) is 0.828. The maximum atomic E-state index is 13.0. The van der Waals surface area contributed by atoms with E-state index >= 15 is 0 Å². The van der Waals surface area contributed by atoms with Crippen molar-refractivity contribution in [1.82, 2.24) is 4.90 Å². The third-order valence-corrected chi connectivity index (χ3v) is 4.98. The fourth-order valence-electron chi connectivity index (χ4n) is 3.48. The first-order chi connectivity index (χ1) is 14.1. The fraction of sp³-hybridized carbons (Fsp3) is 0.333. The summed E-state index contributed by atoms with van der Waals surface area (Å²) in [4.78, 5) is 26.8. The number of ether oxygens (including phenoxy) is 2. The Morgan fingerprint density at radius 2 is 1.69 bits per heavy atom. The molecule has 1 saturated heterocycles. The molecule has 3 amide bonds. The van der Waals surface area contributed by atoms with Gasteiger partial charge in [0.25, 0.3) is 0 Å². The molecule has 2 aliphatic rings. The second-order valence-electron chi connectivity index (χ2n) is 7.07. The van der Waals surface area contributed by atoms with Crippen LogP contribution in [0.5, 0.6) is 11.5 Å². The van der Waals surface area contributed by atoms with Gasteiger partial charge in [0.05, 0.1) is 5.92 Å². The average molecular weight is 399 g/mol. The van der Waals surface area contributed by atoms with E-state index in [2.05, 4.69) is 10.6 Å². The van der Waals surface area contributed by atoms with Gasteiger partial charge in [0.15, 0.2) is 11.5 Å². The van der Waals surface area contributed by atoms with Gasteiger partial charge in [-0.15, -0.1) is 0 Å². The number of fused-ring (bicyclic) bond motifs is 1. The number of anilines is 2. The molecule has 2 heterocycles. The molecule has 0 aromatic heterocycles. The first-order valence-electron chi connectivity index (χ1n) is 9.60. The molecular formula is C21H22FN3O4. The Kier molecular flexibility index (Phi) is 5.50. The number of carbonyl (C=O) groups is 2. The van der Waals surface area contributed by atoms with E-state index < -0.39 is 0 Å². The van der Waals surface area contributed by atoms with Gasteiger partial charge in [0, 0.05) is 30.5 Å². The van der Waals surface area contributed by atoms with E-state index in [4.69, 9.17) is 9.47 Å². The normalized spacial score (nSPS) is 18.1. The van der Waals surface area contributed by atoms with Crippen LogP contribution < -0.4 is 20.1 Å². The van der Waals surface area contributed by atoms with E-state index in [-0.39, 0.29) is 23.7 Å². The van der Waals surface area contributed by atoms with Gasteiger partial charge in [-0.1, -0.05) is 0 Å². The van der Waals surface area contributed by atoms with Gasteiger partial charge >= 0.3 is 6.03 Å². The number of benzene rings is 2. The Morgan fingerprint density at radius 1 is 0.966 bits per heavy atom. The van der Waals surface area contributed by atoms with Gasteiger partial charge in [0.1, 0.15) is 19.0 Å². The van der Waals surface area contributed by atoms with Gasteiger partial charge in [0.2, 0.25) is 5.91 Å². The first kappa shape index (κ1) is 19.0. The molecule has 0 unspecified atom stereocenters. The monoisotopic (exact) mass is 399 g/mol. The van der Waals surface area contributed by atoms with Gasteiger partial charge < -0.3 is 25.0 Å². The van der Waals surface area contributed by atoms with Crippen LogP contribution in [-0.4, -0.2) is 43.1 Å². The molecule has 29 heavy (non-hydrogen) atoms. The SMILES string of the molecule is O=C(Nc1ccc2c(c1)OCCO2)[C@H]1CCCN(C(=O)Nc2ccc(F)cc2)C1. The van der Waals surface area contributed by atoms with Crippen LogP contribution >= 0.6 is 0 Å². The smallest absolute Gasteiger partial charge is 0.321 e. The summed E-state index contributed by atoms with van der Waals surface area (Å²) in [6, 6.07) is 10.6. The van der Waals surface area contributed by atoms with Crippen molar-refractivity contribution in [2.45, 2.75) is 12.8 Å². The van der Waals surface area contributed by atoms with E-state index in [0.717, 1.165) is 6.42 Å². The van der Waals surface area contributed by atoms with Crippen LogP contribution in [0.25, 0.3) is 0 Å². The summed E-state index contributed by atoms with van der Waals surface area (Å²) in [6.45, 7) is 1.88. The summed E-state index contributed by atoms with van der Waals surface area (Å²) in [7, 11) is 0. The number of piperidine rings is 1. The number of hydrogen-bond acceptors (Lipinski definition) is 4. The van der Waals surface area contributed by atoms with Crippen molar-refractivity contribution in [3.8, 4) is 11.5 Å². The lowest BCUT2D eigenvalue weighted by Gasteiger charge is -2.32. The summed E-state index contributed by atoms with van der Waals surface area (Å²) >= 11 is 0. The maximum Gasteiger partial charge on any atom is 0.321 e. The van der Waals surface area contributed by atoms with Crippen molar-refractivity contribution in [3.63, 3.8) is 0 Å². The number of hydrogen-bond donors (Lipinski definition) is 2. The van der Waals surface area contributed by atoms with E-state index in [1.165, 1.54) is 24.3 Å². The Bertz CT molecular complexity index is 903. The molecule has 2 aliphatic heterocycles. The average Bonchev–Trinajstić information content (AvgIpc) is 2.75. The van der Waals surface area contributed by atoms with E-state index in [1.807, 2.05) is 0 Å². The molecule has 1 fully saturated rings. The number of urea groups is 1. The summed E-state index contributed by atoms with van der Waals surface area (Å²) < 4.78 is 24.0. The van der Waals surface area contributed by atoms with Crippen molar-refractivity contribution in [2.75, 3.05) is 36.9 Å². The summed E-state index contributed by atoms with van der Waals surface area (Å²) in [5, 5.41) is 5.64. The van der Waals surface area contributed by atoms with E-state index in [0.29, 0.717) is 55.6 Å². The molecule has 1 atom stereocenters. The molecule has 4 rings (SSSR count). The number of amides is 3. The first-order valence-corrected chi connectivity index (χ1v) is 9.60. The number of nitrogens with one attached hydrogen (secondary N) is 2. The number of nitrogens with zero attached hydrogens (tertiary/aromatic N) is 1. The molecular weight excluding hydrogens is 377 g/mol. The largest absolute Gasteiger partial charge is 0.486 e. The van der Waals surface area contributed by atoms with Crippen molar-refractivity contribution in [3.05, 3.63) is 48.3 Å². The van der Waals surface area contributed by atoms with Crippen LogP contribution in [0.1, 0.15) is 12.8 Å². The highest BCUT2D eigenvalue weighted by molar-refractivity contribution is 5.94. The standard InChI is InChI=1S/C21H22FN3O4/c22-15-3-5-16(6-4-15)24-21(27)25-9-1-2-14(13-25)20(26)23-17-7-8-18-19(12-17)29-11-10-28-18/h3-8,12,14H,1-2,9-11,13H2,(H,23,26)(H,24,27)/t14-/m0/s1. The summed E-state index contributed by atoms with van der Waals surface area (Å²) in [5.41, 5.74) is 1.14. The predicted octanol–water partition coefficient (Wildman–Crippen LogP) is 3.48. The Balaban J connectivity index is 1.35. The van der Waals surface area contributed by atoms with Gasteiger partial charge in [-0.25, -0.2) is 9.18 Å². The summed E-state index contributed by atoms with van der Waals surface area (Å²) in [6.07, 6.45) is 1.44. The Labute approximate surface area is 167 Å². The van der Waals surface area contributed by atoms with Crippen LogP contribution in [0.2, 0.25) is 0 Å².